The Morgan fingerprint density at radius 3 is 2.60 bits per heavy atom. The van der Waals surface area contributed by atoms with Crippen LogP contribution in [0.1, 0.15) is 10.4 Å². The summed E-state index contributed by atoms with van der Waals surface area (Å²) in [7, 11) is 0. The lowest BCUT2D eigenvalue weighted by Gasteiger charge is -2.08. The molecule has 98 valence electrons. The molecule has 0 atom stereocenters. The van der Waals surface area contributed by atoms with E-state index in [9.17, 15) is 4.79 Å². The number of carbonyl (C=O) groups is 1. The molecule has 0 aliphatic heterocycles. The number of benzene rings is 2. The van der Waals surface area contributed by atoms with Crippen molar-refractivity contribution in [3.8, 4) is 16.9 Å². The van der Waals surface area contributed by atoms with Crippen molar-refractivity contribution in [2.24, 2.45) is 0 Å². The van der Waals surface area contributed by atoms with Crippen molar-refractivity contribution in [2.45, 2.75) is 0 Å². The minimum atomic E-state index is 0.495. The molecule has 3 rings (SSSR count). The highest BCUT2D eigenvalue weighted by molar-refractivity contribution is 6.33. The van der Waals surface area contributed by atoms with E-state index in [0.717, 1.165) is 23.2 Å². The topological polar surface area (TPSA) is 47.8 Å². The van der Waals surface area contributed by atoms with E-state index in [0.29, 0.717) is 10.6 Å². The van der Waals surface area contributed by atoms with Crippen LogP contribution in [0.3, 0.4) is 0 Å². The van der Waals surface area contributed by atoms with Crippen molar-refractivity contribution in [2.75, 3.05) is 0 Å². The molecule has 0 unspecified atom stereocenters. The highest BCUT2D eigenvalue weighted by atomic mass is 35.5. The standard InChI is InChI=1S/C15H10ClN3O/c16-14-8-11(10-20)6-7-13(14)15-9-17-18-19(15)12-4-2-1-3-5-12/h1-10H. The van der Waals surface area contributed by atoms with E-state index in [-0.39, 0.29) is 0 Å². The van der Waals surface area contributed by atoms with E-state index in [1.807, 2.05) is 30.3 Å². The predicted molar refractivity (Wildman–Crippen MR) is 77.2 cm³/mol. The number of nitrogens with zero attached hydrogens (tertiary/aromatic N) is 3. The lowest BCUT2D eigenvalue weighted by atomic mass is 10.1. The highest BCUT2D eigenvalue weighted by Crippen LogP contribution is 2.29. The highest BCUT2D eigenvalue weighted by Gasteiger charge is 2.12. The summed E-state index contributed by atoms with van der Waals surface area (Å²) in [5, 5.41) is 8.52. The summed E-state index contributed by atoms with van der Waals surface area (Å²) >= 11 is 6.23. The predicted octanol–water partition coefficient (Wildman–Crippen LogP) is 3.40. The van der Waals surface area contributed by atoms with Crippen molar-refractivity contribution in [1.82, 2.24) is 15.0 Å². The normalized spacial score (nSPS) is 10.4. The zero-order valence-corrected chi connectivity index (χ0v) is 11.2. The van der Waals surface area contributed by atoms with Gasteiger partial charge in [0.2, 0.25) is 0 Å². The fourth-order valence-corrected chi connectivity index (χ4v) is 2.28. The molecule has 0 radical (unpaired) electrons. The Bertz CT molecular complexity index is 753. The average molecular weight is 284 g/mol. The monoisotopic (exact) mass is 283 g/mol. The van der Waals surface area contributed by atoms with E-state index in [1.54, 1.807) is 29.1 Å². The number of hydrogen-bond acceptors (Lipinski definition) is 3. The Labute approximate surface area is 120 Å². The molecule has 0 N–H and O–H groups in total. The number of rotatable bonds is 3. The van der Waals surface area contributed by atoms with Gasteiger partial charge in [-0.05, 0) is 18.2 Å². The second kappa shape index (κ2) is 5.27. The van der Waals surface area contributed by atoms with Gasteiger partial charge in [0.1, 0.15) is 6.29 Å². The van der Waals surface area contributed by atoms with Crippen molar-refractivity contribution >= 4 is 17.9 Å². The van der Waals surface area contributed by atoms with Gasteiger partial charge >= 0.3 is 0 Å². The SMILES string of the molecule is O=Cc1ccc(-c2cnnn2-c2ccccc2)c(Cl)c1. The summed E-state index contributed by atoms with van der Waals surface area (Å²) in [6, 6.07) is 14.8. The van der Waals surface area contributed by atoms with Gasteiger partial charge in [0.25, 0.3) is 0 Å². The number of para-hydroxylation sites is 1. The van der Waals surface area contributed by atoms with Crippen LogP contribution in [0.5, 0.6) is 0 Å². The minimum absolute atomic E-state index is 0.495. The van der Waals surface area contributed by atoms with Gasteiger partial charge in [0, 0.05) is 11.1 Å². The van der Waals surface area contributed by atoms with Gasteiger partial charge in [-0.25, -0.2) is 4.68 Å². The van der Waals surface area contributed by atoms with Gasteiger partial charge < -0.3 is 0 Å². The summed E-state index contributed by atoms with van der Waals surface area (Å²) in [4.78, 5) is 10.8. The van der Waals surface area contributed by atoms with E-state index >= 15 is 0 Å². The van der Waals surface area contributed by atoms with E-state index in [4.69, 9.17) is 11.6 Å². The number of halogens is 1. The lowest BCUT2D eigenvalue weighted by molar-refractivity contribution is 0.112. The fourth-order valence-electron chi connectivity index (χ4n) is 1.99. The number of carbonyl (C=O) groups excluding carboxylic acids is 1. The van der Waals surface area contributed by atoms with Gasteiger partial charge in [0.05, 0.1) is 22.6 Å². The van der Waals surface area contributed by atoms with Gasteiger partial charge in [0.15, 0.2) is 0 Å². The van der Waals surface area contributed by atoms with E-state index in [2.05, 4.69) is 10.3 Å². The Balaban J connectivity index is 2.13. The van der Waals surface area contributed by atoms with Crippen LogP contribution in [-0.2, 0) is 0 Å². The zero-order valence-electron chi connectivity index (χ0n) is 10.4. The molecule has 0 spiro atoms. The van der Waals surface area contributed by atoms with Gasteiger partial charge in [-0.15, -0.1) is 5.10 Å². The summed E-state index contributed by atoms with van der Waals surface area (Å²) in [6.45, 7) is 0. The number of aromatic nitrogens is 3. The quantitative estimate of drug-likeness (QED) is 0.692. The molecule has 20 heavy (non-hydrogen) atoms. The molecule has 0 bridgehead atoms. The van der Waals surface area contributed by atoms with Gasteiger partial charge in [-0.1, -0.05) is 47.1 Å². The maximum atomic E-state index is 10.8. The first-order valence-electron chi connectivity index (χ1n) is 6.01. The van der Waals surface area contributed by atoms with Crippen LogP contribution in [-0.4, -0.2) is 21.3 Å². The summed E-state index contributed by atoms with van der Waals surface area (Å²) < 4.78 is 1.71. The molecular formula is C15H10ClN3O. The van der Waals surface area contributed by atoms with Crippen LogP contribution in [0.15, 0.2) is 54.7 Å². The fraction of sp³-hybridized carbons (Fsp3) is 0. The summed E-state index contributed by atoms with van der Waals surface area (Å²) in [5.41, 5.74) is 3.00. The van der Waals surface area contributed by atoms with Crippen molar-refractivity contribution in [1.29, 1.82) is 0 Å². The number of hydrogen-bond donors (Lipinski definition) is 0. The molecule has 0 saturated carbocycles. The molecule has 0 fully saturated rings. The van der Waals surface area contributed by atoms with Crippen molar-refractivity contribution < 1.29 is 4.79 Å². The van der Waals surface area contributed by atoms with Gasteiger partial charge in [-0.2, -0.15) is 0 Å². The molecule has 5 heteroatoms. The first-order chi connectivity index (χ1) is 9.79. The second-order valence-electron chi connectivity index (χ2n) is 4.22. The molecule has 0 aliphatic rings. The summed E-state index contributed by atoms with van der Waals surface area (Å²) in [5.74, 6) is 0. The molecule has 3 aromatic rings. The van der Waals surface area contributed by atoms with Crippen molar-refractivity contribution in [3.63, 3.8) is 0 Å². The Morgan fingerprint density at radius 1 is 1.10 bits per heavy atom. The molecule has 1 aromatic heterocycles. The first kappa shape index (κ1) is 12.6. The zero-order chi connectivity index (χ0) is 13.9. The van der Waals surface area contributed by atoms with E-state index < -0.39 is 0 Å². The van der Waals surface area contributed by atoms with Gasteiger partial charge in [-0.3, -0.25) is 4.79 Å². The third-order valence-electron chi connectivity index (χ3n) is 2.96. The van der Waals surface area contributed by atoms with Crippen LogP contribution in [0.2, 0.25) is 5.02 Å². The minimum Gasteiger partial charge on any atom is -0.298 e. The molecule has 2 aromatic carbocycles. The average Bonchev–Trinajstić information content (AvgIpc) is 2.97. The van der Waals surface area contributed by atoms with Crippen LogP contribution in [0, 0.1) is 0 Å². The van der Waals surface area contributed by atoms with Crippen LogP contribution in [0.25, 0.3) is 16.9 Å². The molecular weight excluding hydrogens is 274 g/mol. The largest absolute Gasteiger partial charge is 0.298 e. The van der Waals surface area contributed by atoms with Crippen LogP contribution >= 0.6 is 11.6 Å². The second-order valence-corrected chi connectivity index (χ2v) is 4.63. The molecule has 0 amide bonds. The maximum absolute atomic E-state index is 10.8. The van der Waals surface area contributed by atoms with Crippen LogP contribution in [0.4, 0.5) is 0 Å². The number of aldehydes is 1. The Kier molecular flexibility index (Phi) is 3.31. The maximum Gasteiger partial charge on any atom is 0.150 e. The lowest BCUT2D eigenvalue weighted by Crippen LogP contribution is -1.99. The summed E-state index contributed by atoms with van der Waals surface area (Å²) in [6.07, 6.45) is 2.41. The first-order valence-corrected chi connectivity index (χ1v) is 6.38. The molecule has 1 heterocycles. The third kappa shape index (κ3) is 2.21. The van der Waals surface area contributed by atoms with Crippen molar-refractivity contribution in [3.05, 3.63) is 65.3 Å². The Hall–Kier alpha value is -2.46. The molecule has 0 saturated heterocycles. The van der Waals surface area contributed by atoms with Crippen LogP contribution < -0.4 is 0 Å². The molecule has 0 aliphatic carbocycles. The molecule has 4 nitrogen and oxygen atoms in total. The Morgan fingerprint density at radius 2 is 1.90 bits per heavy atom. The van der Waals surface area contributed by atoms with E-state index in [1.165, 1.54) is 0 Å². The smallest absolute Gasteiger partial charge is 0.150 e. The third-order valence-corrected chi connectivity index (χ3v) is 3.27.